The van der Waals surface area contributed by atoms with Crippen LogP contribution in [0.2, 0.25) is 0 Å². The lowest BCUT2D eigenvalue weighted by molar-refractivity contribution is -0.0369. The van der Waals surface area contributed by atoms with Crippen LogP contribution in [0.15, 0.2) is 6.20 Å². The van der Waals surface area contributed by atoms with E-state index in [1.165, 1.54) is 6.42 Å². The predicted octanol–water partition coefficient (Wildman–Crippen LogP) is 6.11. The first kappa shape index (κ1) is 24.1. The summed E-state index contributed by atoms with van der Waals surface area (Å²) in [7, 11) is 0. The molecule has 4 heteroatoms. The highest BCUT2D eigenvalue weighted by Gasteiger charge is 2.25. The number of nitrogens with zero attached hydrogens (tertiary/aromatic N) is 3. The number of aromatic nitrogens is 3. The molecule has 158 valence electrons. The lowest BCUT2D eigenvalue weighted by Gasteiger charge is -2.30. The van der Waals surface area contributed by atoms with Crippen molar-refractivity contribution in [1.29, 1.82) is 0 Å². The van der Waals surface area contributed by atoms with Gasteiger partial charge in [-0.2, -0.15) is 0 Å². The van der Waals surface area contributed by atoms with Gasteiger partial charge in [0.25, 0.3) is 0 Å². The third kappa shape index (κ3) is 8.33. The van der Waals surface area contributed by atoms with Crippen LogP contribution in [0.1, 0.15) is 94.2 Å². The molecule has 1 aromatic heterocycles. The SMILES string of the molecule is CC(C)CCC(C)(C)OCCC(C)(C)n1cc(CC(C)C(C)C(C)C)nn1. The first-order chi connectivity index (χ1) is 12.3. The molecule has 0 aliphatic rings. The van der Waals surface area contributed by atoms with Crippen molar-refractivity contribution in [3.63, 3.8) is 0 Å². The minimum Gasteiger partial charge on any atom is -0.375 e. The van der Waals surface area contributed by atoms with Gasteiger partial charge in [-0.15, -0.1) is 5.10 Å². The minimum absolute atomic E-state index is 0.0592. The second-order valence-electron chi connectivity index (χ2n) is 10.5. The third-order valence-electron chi connectivity index (χ3n) is 6.17. The van der Waals surface area contributed by atoms with Crippen LogP contribution in [0.5, 0.6) is 0 Å². The molecule has 0 saturated carbocycles. The van der Waals surface area contributed by atoms with E-state index in [1.54, 1.807) is 0 Å². The smallest absolute Gasteiger partial charge is 0.0830 e. The predicted molar refractivity (Wildman–Crippen MR) is 115 cm³/mol. The summed E-state index contributed by atoms with van der Waals surface area (Å²) < 4.78 is 8.23. The van der Waals surface area contributed by atoms with Gasteiger partial charge in [-0.1, -0.05) is 46.8 Å². The van der Waals surface area contributed by atoms with Crippen LogP contribution >= 0.6 is 0 Å². The van der Waals surface area contributed by atoms with E-state index in [-0.39, 0.29) is 11.1 Å². The molecular formula is C23H45N3O. The largest absolute Gasteiger partial charge is 0.375 e. The molecule has 0 aliphatic carbocycles. The van der Waals surface area contributed by atoms with E-state index in [1.807, 2.05) is 4.68 Å². The maximum absolute atomic E-state index is 6.20. The van der Waals surface area contributed by atoms with Crippen molar-refractivity contribution < 1.29 is 4.74 Å². The van der Waals surface area contributed by atoms with E-state index < -0.39 is 0 Å². The lowest BCUT2D eigenvalue weighted by atomic mass is 9.84. The fourth-order valence-corrected chi connectivity index (χ4v) is 3.26. The van der Waals surface area contributed by atoms with E-state index in [0.717, 1.165) is 37.5 Å². The molecule has 0 amide bonds. The normalized spacial score (nSPS) is 15.6. The van der Waals surface area contributed by atoms with Crippen LogP contribution in [0.4, 0.5) is 0 Å². The lowest BCUT2D eigenvalue weighted by Crippen LogP contribution is -2.32. The van der Waals surface area contributed by atoms with Crippen LogP contribution in [0.25, 0.3) is 0 Å². The first-order valence-electron chi connectivity index (χ1n) is 10.9. The van der Waals surface area contributed by atoms with Crippen LogP contribution in [0.3, 0.4) is 0 Å². The maximum atomic E-state index is 6.20. The zero-order chi connectivity index (χ0) is 20.8. The van der Waals surface area contributed by atoms with E-state index >= 15 is 0 Å². The number of rotatable bonds is 12. The van der Waals surface area contributed by atoms with Gasteiger partial charge >= 0.3 is 0 Å². The highest BCUT2D eigenvalue weighted by Crippen LogP contribution is 2.26. The Morgan fingerprint density at radius 1 is 1.00 bits per heavy atom. The molecule has 4 nitrogen and oxygen atoms in total. The molecule has 0 N–H and O–H groups in total. The van der Waals surface area contributed by atoms with E-state index in [0.29, 0.717) is 17.8 Å². The highest BCUT2D eigenvalue weighted by atomic mass is 16.5. The monoisotopic (exact) mass is 379 g/mol. The Labute approximate surface area is 168 Å². The minimum atomic E-state index is -0.0910. The summed E-state index contributed by atoms with van der Waals surface area (Å²) in [5.74, 6) is 2.72. The van der Waals surface area contributed by atoms with Gasteiger partial charge in [0.15, 0.2) is 0 Å². The molecule has 0 radical (unpaired) electrons. The second kappa shape index (κ2) is 10.0. The Hall–Kier alpha value is -0.900. The van der Waals surface area contributed by atoms with Gasteiger partial charge in [0.1, 0.15) is 0 Å². The molecule has 0 fully saturated rings. The molecule has 0 saturated heterocycles. The number of hydrogen-bond acceptors (Lipinski definition) is 3. The molecule has 0 aromatic carbocycles. The molecule has 2 atom stereocenters. The molecule has 0 bridgehead atoms. The van der Waals surface area contributed by atoms with Crippen LogP contribution in [-0.4, -0.2) is 27.2 Å². The molecule has 27 heavy (non-hydrogen) atoms. The summed E-state index contributed by atoms with van der Waals surface area (Å²) in [5.41, 5.74) is 0.948. The van der Waals surface area contributed by atoms with Gasteiger partial charge in [-0.25, -0.2) is 4.68 Å². The van der Waals surface area contributed by atoms with Crippen molar-refractivity contribution in [3.05, 3.63) is 11.9 Å². The summed E-state index contributed by atoms with van der Waals surface area (Å²) in [6, 6.07) is 0. The molecular weight excluding hydrogens is 334 g/mol. The van der Waals surface area contributed by atoms with Crippen LogP contribution < -0.4 is 0 Å². The Morgan fingerprint density at radius 2 is 1.63 bits per heavy atom. The van der Waals surface area contributed by atoms with Gasteiger partial charge in [-0.3, -0.25) is 0 Å². The van der Waals surface area contributed by atoms with Gasteiger partial charge < -0.3 is 4.74 Å². The van der Waals surface area contributed by atoms with Crippen molar-refractivity contribution in [3.8, 4) is 0 Å². The molecule has 2 unspecified atom stereocenters. The fraction of sp³-hybridized carbons (Fsp3) is 0.913. The summed E-state index contributed by atoms with van der Waals surface area (Å²) >= 11 is 0. The summed E-state index contributed by atoms with van der Waals surface area (Å²) in [6.07, 6.45) is 6.36. The maximum Gasteiger partial charge on any atom is 0.0830 e. The standard InChI is InChI=1S/C23H45N3O/c1-17(2)11-12-23(9,10)27-14-13-22(7,8)26-16-21(24-25-26)15-19(5)20(6)18(3)4/h16-20H,11-15H2,1-10H3. The fourth-order valence-electron chi connectivity index (χ4n) is 3.26. The van der Waals surface area contributed by atoms with E-state index in [2.05, 4.69) is 85.7 Å². The first-order valence-corrected chi connectivity index (χ1v) is 10.9. The molecule has 1 aromatic rings. The Kier molecular flexibility index (Phi) is 8.98. The molecule has 0 aliphatic heterocycles. The number of ether oxygens (including phenoxy) is 1. The van der Waals surface area contributed by atoms with Crippen molar-refractivity contribution in [2.24, 2.45) is 23.7 Å². The van der Waals surface area contributed by atoms with Crippen LogP contribution in [0, 0.1) is 23.7 Å². The van der Waals surface area contributed by atoms with Crippen LogP contribution in [-0.2, 0) is 16.7 Å². The third-order valence-corrected chi connectivity index (χ3v) is 6.17. The number of hydrogen-bond donors (Lipinski definition) is 0. The second-order valence-corrected chi connectivity index (χ2v) is 10.5. The van der Waals surface area contributed by atoms with Crippen molar-refractivity contribution in [1.82, 2.24) is 15.0 Å². The zero-order valence-electron chi connectivity index (χ0n) is 19.7. The molecule has 0 spiro atoms. The highest BCUT2D eigenvalue weighted by molar-refractivity contribution is 4.97. The summed E-state index contributed by atoms with van der Waals surface area (Å²) in [4.78, 5) is 0. The van der Waals surface area contributed by atoms with E-state index in [4.69, 9.17) is 4.74 Å². The van der Waals surface area contributed by atoms with Crippen molar-refractivity contribution >= 4 is 0 Å². The summed E-state index contributed by atoms with van der Waals surface area (Å²) in [6.45, 7) is 23.4. The average molecular weight is 380 g/mol. The average Bonchev–Trinajstić information content (AvgIpc) is 3.01. The van der Waals surface area contributed by atoms with E-state index in [9.17, 15) is 0 Å². The molecule has 1 rings (SSSR count). The Bertz CT molecular complexity index is 546. The van der Waals surface area contributed by atoms with Gasteiger partial charge in [-0.05, 0) is 77.0 Å². The topological polar surface area (TPSA) is 39.9 Å². The van der Waals surface area contributed by atoms with Gasteiger partial charge in [0.2, 0.25) is 0 Å². The van der Waals surface area contributed by atoms with Crippen molar-refractivity contribution in [2.75, 3.05) is 6.61 Å². The Balaban J connectivity index is 2.57. The summed E-state index contributed by atoms with van der Waals surface area (Å²) in [5, 5.41) is 8.87. The van der Waals surface area contributed by atoms with Gasteiger partial charge in [0.05, 0.1) is 16.8 Å². The van der Waals surface area contributed by atoms with Gasteiger partial charge in [0, 0.05) is 12.8 Å². The zero-order valence-corrected chi connectivity index (χ0v) is 19.7. The van der Waals surface area contributed by atoms with Crippen molar-refractivity contribution in [2.45, 2.75) is 106 Å². The quantitative estimate of drug-likeness (QED) is 0.440. The molecule has 1 heterocycles. The Morgan fingerprint density at radius 3 is 2.19 bits per heavy atom.